The molecule has 0 aliphatic carbocycles. The molecule has 0 fully saturated rings. The summed E-state index contributed by atoms with van der Waals surface area (Å²) in [6.45, 7) is 0. The van der Waals surface area contributed by atoms with Crippen LogP contribution in [0.3, 0.4) is 0 Å². The fourth-order valence-electron chi connectivity index (χ4n) is 2.23. The third kappa shape index (κ3) is 2.28. The first-order chi connectivity index (χ1) is 8.72. The summed E-state index contributed by atoms with van der Waals surface area (Å²) >= 11 is 7.05. The van der Waals surface area contributed by atoms with E-state index >= 15 is 0 Å². The summed E-state index contributed by atoms with van der Waals surface area (Å²) in [5.74, 6) is 0. The van der Waals surface area contributed by atoms with Gasteiger partial charge in [0.05, 0.1) is 0 Å². The van der Waals surface area contributed by atoms with Crippen molar-refractivity contribution in [2.24, 2.45) is 0 Å². The normalized spacial score (nSPS) is 17.4. The monoisotopic (exact) mass is 388 g/mol. The molecular formula is C13H14BrN2PSe. The fourth-order valence-corrected chi connectivity index (χ4v) is 5.31. The van der Waals surface area contributed by atoms with Crippen molar-refractivity contribution in [1.82, 2.24) is 0 Å². The molecule has 0 unspecified atom stereocenters. The van der Waals surface area contributed by atoms with E-state index in [9.17, 15) is 0 Å². The van der Waals surface area contributed by atoms with Gasteiger partial charge in [-0.1, -0.05) is 0 Å². The molecule has 0 atom stereocenters. The van der Waals surface area contributed by atoms with E-state index in [0.29, 0.717) is 0 Å². The average molecular weight is 388 g/mol. The zero-order valence-corrected chi connectivity index (χ0v) is 14.0. The van der Waals surface area contributed by atoms with Crippen LogP contribution in [-0.2, 0) is 0 Å². The third-order valence-corrected chi connectivity index (χ3v) is 12.7. The van der Waals surface area contributed by atoms with E-state index in [1.54, 1.807) is 0 Å². The first-order valence-corrected chi connectivity index (χ1v) is 11.5. The summed E-state index contributed by atoms with van der Waals surface area (Å²) in [7, 11) is 0. The number of nitrogens with one attached hydrogen (secondary N) is 2. The van der Waals surface area contributed by atoms with Gasteiger partial charge in [-0.2, -0.15) is 0 Å². The van der Waals surface area contributed by atoms with Crippen LogP contribution in [0.2, 0.25) is 0 Å². The van der Waals surface area contributed by atoms with Gasteiger partial charge in [0.15, 0.2) is 0 Å². The molecular weight excluding hydrogens is 374 g/mol. The van der Waals surface area contributed by atoms with Gasteiger partial charge in [-0.25, -0.2) is 0 Å². The predicted octanol–water partition coefficient (Wildman–Crippen LogP) is 4.05. The molecule has 0 saturated heterocycles. The van der Waals surface area contributed by atoms with E-state index in [1.165, 1.54) is 22.1 Å². The molecule has 0 saturated carbocycles. The van der Waals surface area contributed by atoms with Crippen molar-refractivity contribution in [2.45, 2.75) is 0 Å². The molecule has 3 rings (SSSR count). The molecule has 5 heteroatoms. The third-order valence-electron chi connectivity index (χ3n) is 3.24. The average Bonchev–Trinajstić information content (AvgIpc) is 2.41. The van der Waals surface area contributed by atoms with Crippen LogP contribution in [0.15, 0.2) is 36.4 Å². The topological polar surface area (TPSA) is 24.1 Å². The van der Waals surface area contributed by atoms with Crippen LogP contribution >= 0.6 is 21.4 Å². The number of hydrogen-bond acceptors (Lipinski definition) is 2. The summed E-state index contributed by atoms with van der Waals surface area (Å²) in [4.78, 5) is 0. The molecule has 2 N–H and O–H groups in total. The quantitative estimate of drug-likeness (QED) is 0.438. The van der Waals surface area contributed by atoms with E-state index in [-0.39, 0.29) is 0 Å². The van der Waals surface area contributed by atoms with Gasteiger partial charge in [-0.3, -0.25) is 0 Å². The summed E-state index contributed by atoms with van der Waals surface area (Å²) in [5, 5.41) is 10.9. The standard InChI is InChI=1S/C13H14BrN2PSe/c14-7-17(18)8-15-11-5-1-3-10-4-2-6-12(13(10)11)16-9-17/h1-6,15-16H,7-9H2. The molecule has 0 radical (unpaired) electrons. The minimum absolute atomic E-state index is 1.03. The Hall–Kier alpha value is -0.271. The van der Waals surface area contributed by atoms with Gasteiger partial charge in [-0.15, -0.1) is 0 Å². The van der Waals surface area contributed by atoms with Crippen molar-refractivity contribution < 1.29 is 0 Å². The van der Waals surface area contributed by atoms with Crippen molar-refractivity contribution in [1.29, 1.82) is 0 Å². The van der Waals surface area contributed by atoms with Gasteiger partial charge in [-0.05, 0) is 0 Å². The van der Waals surface area contributed by atoms with Gasteiger partial charge in [0.2, 0.25) is 0 Å². The number of hydrogen-bond donors (Lipinski definition) is 2. The van der Waals surface area contributed by atoms with Crippen LogP contribution < -0.4 is 10.6 Å². The number of rotatable bonds is 1. The second-order valence-electron chi connectivity index (χ2n) is 4.56. The first-order valence-electron chi connectivity index (χ1n) is 5.84. The minimum atomic E-state index is -1.11. The Labute approximate surface area is 123 Å². The van der Waals surface area contributed by atoms with Gasteiger partial charge in [0.1, 0.15) is 0 Å². The fraction of sp³-hybridized carbons (Fsp3) is 0.231. The molecule has 2 aromatic carbocycles. The number of benzene rings is 2. The summed E-state index contributed by atoms with van der Waals surface area (Å²) in [5.41, 5.74) is 1.36. The van der Waals surface area contributed by atoms with E-state index in [0.717, 1.165) is 17.6 Å². The maximum absolute atomic E-state index is 3.64. The van der Waals surface area contributed by atoms with Crippen molar-refractivity contribution in [2.75, 3.05) is 28.3 Å². The Morgan fingerprint density at radius 3 is 2.11 bits per heavy atom. The molecule has 1 aliphatic heterocycles. The Morgan fingerprint density at radius 1 is 1.06 bits per heavy atom. The molecule has 2 nitrogen and oxygen atoms in total. The van der Waals surface area contributed by atoms with E-state index in [4.69, 9.17) is 0 Å². The summed E-state index contributed by atoms with van der Waals surface area (Å²) < 4.78 is 0. The second-order valence-corrected chi connectivity index (χ2v) is 13.9. The van der Waals surface area contributed by atoms with Crippen molar-refractivity contribution >= 4 is 58.7 Å². The summed E-state index contributed by atoms with van der Waals surface area (Å²) in [6, 6.07) is 12.9. The molecule has 18 heavy (non-hydrogen) atoms. The molecule has 94 valence electrons. The number of anilines is 2. The van der Waals surface area contributed by atoms with Crippen molar-refractivity contribution in [3.8, 4) is 0 Å². The Bertz CT molecular complexity index is 597. The van der Waals surface area contributed by atoms with Crippen molar-refractivity contribution in [3.63, 3.8) is 0 Å². The molecule has 1 aliphatic rings. The SMILES string of the molecule is [Se]=P1(CBr)CNc2cccc3cccc(c23)NC1. The molecule has 2 aromatic rings. The van der Waals surface area contributed by atoms with Crippen LogP contribution in [0.25, 0.3) is 10.8 Å². The van der Waals surface area contributed by atoms with Crippen LogP contribution in [0, 0.1) is 0 Å². The van der Waals surface area contributed by atoms with E-state index in [1.807, 2.05) is 0 Å². The molecule has 0 bridgehead atoms. The van der Waals surface area contributed by atoms with Crippen LogP contribution in [0.1, 0.15) is 0 Å². The van der Waals surface area contributed by atoms with Gasteiger partial charge in [0.25, 0.3) is 0 Å². The summed E-state index contributed by atoms with van der Waals surface area (Å²) in [6.07, 6.45) is 2.05. The van der Waals surface area contributed by atoms with Crippen LogP contribution in [0.4, 0.5) is 11.4 Å². The van der Waals surface area contributed by atoms with Gasteiger partial charge in [0, 0.05) is 0 Å². The zero-order chi connectivity index (χ0) is 12.6. The maximum atomic E-state index is 3.64. The first kappa shape index (κ1) is 12.7. The Morgan fingerprint density at radius 2 is 1.61 bits per heavy atom. The molecule has 0 amide bonds. The molecule has 0 aromatic heterocycles. The number of halogens is 1. The second kappa shape index (κ2) is 5.01. The Kier molecular flexibility index (Phi) is 3.55. The van der Waals surface area contributed by atoms with Crippen molar-refractivity contribution in [3.05, 3.63) is 36.4 Å². The zero-order valence-electron chi connectivity index (χ0n) is 9.82. The molecule has 0 spiro atoms. The van der Waals surface area contributed by atoms with Crippen LogP contribution in [0.5, 0.6) is 0 Å². The van der Waals surface area contributed by atoms with Gasteiger partial charge >= 0.3 is 123 Å². The number of alkyl halides is 1. The van der Waals surface area contributed by atoms with Crippen LogP contribution in [-0.4, -0.2) is 32.7 Å². The molecule has 1 heterocycles. The predicted molar refractivity (Wildman–Crippen MR) is 87.4 cm³/mol. The van der Waals surface area contributed by atoms with E-state index in [2.05, 4.69) is 78.1 Å². The van der Waals surface area contributed by atoms with Gasteiger partial charge < -0.3 is 0 Å². The van der Waals surface area contributed by atoms with E-state index < -0.39 is 5.51 Å². The Balaban J connectivity index is 2.16.